The van der Waals surface area contributed by atoms with Crippen molar-refractivity contribution in [3.63, 3.8) is 0 Å². The van der Waals surface area contributed by atoms with E-state index < -0.39 is 0 Å². The molecule has 0 aliphatic heterocycles. The largest absolute Gasteiger partial charge is 0.311 e. The van der Waals surface area contributed by atoms with E-state index in [-0.39, 0.29) is 6.17 Å². The number of hydrogen-bond donors (Lipinski definition) is 3. The molecule has 0 radical (unpaired) electrons. The Morgan fingerprint density at radius 2 is 1.78 bits per heavy atom. The number of aryl methyl sites for hydroxylation is 1. The normalized spacial score (nSPS) is 12.1. The average molecular weight is 349 g/mol. The van der Waals surface area contributed by atoms with Crippen molar-refractivity contribution >= 4 is 39.5 Å². The van der Waals surface area contributed by atoms with Gasteiger partial charge in [-0.2, -0.15) is 0 Å². The van der Waals surface area contributed by atoms with Gasteiger partial charge >= 0.3 is 0 Å². The molecule has 1 unspecified atom stereocenters. The second-order valence-corrected chi connectivity index (χ2v) is 7.18. The zero-order valence-corrected chi connectivity index (χ0v) is 15.3. The van der Waals surface area contributed by atoms with Gasteiger partial charge in [-0.15, -0.1) is 11.3 Å². The summed E-state index contributed by atoms with van der Waals surface area (Å²) in [5, 5.41) is 18.2. The molecule has 2 aromatic rings. The molecule has 4 N–H and O–H groups in total. The summed E-state index contributed by atoms with van der Waals surface area (Å²) >= 11 is 7.51. The van der Waals surface area contributed by atoms with Gasteiger partial charge in [0.05, 0.1) is 17.7 Å². The first-order chi connectivity index (χ1) is 10.7. The Morgan fingerprint density at radius 3 is 2.26 bits per heavy atom. The van der Waals surface area contributed by atoms with E-state index in [0.29, 0.717) is 16.6 Å². The second kappa shape index (κ2) is 6.83. The molecule has 0 bridgehead atoms. The van der Waals surface area contributed by atoms with Gasteiger partial charge in [0.1, 0.15) is 5.00 Å². The van der Waals surface area contributed by atoms with Crippen LogP contribution in [-0.4, -0.2) is 17.7 Å². The van der Waals surface area contributed by atoms with Crippen molar-refractivity contribution < 1.29 is 0 Å². The number of nitrogens with zero attached hydrogens (tertiary/aromatic N) is 1. The summed E-state index contributed by atoms with van der Waals surface area (Å²) < 4.78 is 0. The SMILES string of the molecule is CC(=N)N(c1sc(C)c(C)c1C(=N)c1ccc(Cl)cc1)C(C)N. The third kappa shape index (κ3) is 3.47. The predicted octanol–water partition coefficient (Wildman–Crippen LogP) is 4.54. The van der Waals surface area contributed by atoms with Crippen molar-refractivity contribution in [3.8, 4) is 0 Å². The first kappa shape index (κ1) is 17.7. The number of anilines is 1. The maximum atomic E-state index is 8.64. The first-order valence-electron chi connectivity index (χ1n) is 7.28. The predicted molar refractivity (Wildman–Crippen MR) is 101 cm³/mol. The molecule has 0 aliphatic rings. The van der Waals surface area contributed by atoms with Gasteiger partial charge < -0.3 is 10.6 Å². The van der Waals surface area contributed by atoms with E-state index in [1.54, 1.807) is 35.3 Å². The lowest BCUT2D eigenvalue weighted by Crippen LogP contribution is -2.42. The lowest BCUT2D eigenvalue weighted by atomic mass is 10.00. The monoisotopic (exact) mass is 348 g/mol. The van der Waals surface area contributed by atoms with E-state index in [9.17, 15) is 0 Å². The fourth-order valence-corrected chi connectivity index (χ4v) is 3.91. The fraction of sp³-hybridized carbons (Fsp3) is 0.294. The van der Waals surface area contributed by atoms with Crippen LogP contribution in [0, 0.1) is 24.7 Å². The van der Waals surface area contributed by atoms with Crippen LogP contribution in [0.25, 0.3) is 0 Å². The molecule has 0 aliphatic carbocycles. The summed E-state index contributed by atoms with van der Waals surface area (Å²) in [5.41, 5.74) is 9.16. The third-order valence-electron chi connectivity index (χ3n) is 3.74. The lowest BCUT2D eigenvalue weighted by molar-refractivity contribution is 0.768. The highest BCUT2D eigenvalue weighted by Crippen LogP contribution is 2.37. The quantitative estimate of drug-likeness (QED) is 0.431. The molecule has 23 heavy (non-hydrogen) atoms. The smallest absolute Gasteiger partial charge is 0.108 e. The number of hydrogen-bond acceptors (Lipinski definition) is 4. The minimum absolute atomic E-state index is 0.332. The van der Waals surface area contributed by atoms with Crippen LogP contribution < -0.4 is 10.6 Å². The van der Waals surface area contributed by atoms with Gasteiger partial charge in [-0.1, -0.05) is 23.7 Å². The van der Waals surface area contributed by atoms with Gasteiger partial charge in [0.15, 0.2) is 0 Å². The Labute approximate surface area is 145 Å². The molecular weight excluding hydrogens is 328 g/mol. The second-order valence-electron chi connectivity index (χ2n) is 5.54. The Hall–Kier alpha value is -1.69. The Balaban J connectivity index is 2.60. The van der Waals surface area contributed by atoms with Crippen LogP contribution in [0.3, 0.4) is 0 Å². The standard InChI is InChI=1S/C17H21ClN4S/c1-9-10(2)23-17(22(11(3)19)12(4)20)15(9)16(21)13-5-7-14(18)8-6-13/h5-8,11,20-21H,19H2,1-4H3. The molecule has 122 valence electrons. The summed E-state index contributed by atoms with van der Waals surface area (Å²) in [6.07, 6.45) is -0.332. The van der Waals surface area contributed by atoms with Crippen LogP contribution in [0.2, 0.25) is 5.02 Å². The maximum Gasteiger partial charge on any atom is 0.108 e. The number of rotatable bonds is 4. The van der Waals surface area contributed by atoms with Crippen LogP contribution in [0.5, 0.6) is 0 Å². The van der Waals surface area contributed by atoms with Crippen molar-refractivity contribution in [2.75, 3.05) is 4.90 Å². The Kier molecular flexibility index (Phi) is 5.24. The first-order valence-corrected chi connectivity index (χ1v) is 8.48. The van der Waals surface area contributed by atoms with E-state index in [1.807, 2.05) is 32.9 Å². The molecule has 6 heteroatoms. The summed E-state index contributed by atoms with van der Waals surface area (Å²) in [6, 6.07) is 7.25. The van der Waals surface area contributed by atoms with Crippen molar-refractivity contribution in [3.05, 3.63) is 50.9 Å². The number of amidine groups is 1. The highest BCUT2D eigenvalue weighted by Gasteiger charge is 2.25. The molecule has 0 saturated heterocycles. The van der Waals surface area contributed by atoms with Crippen LogP contribution >= 0.6 is 22.9 Å². The minimum atomic E-state index is -0.332. The molecule has 4 nitrogen and oxygen atoms in total. The Morgan fingerprint density at radius 1 is 1.22 bits per heavy atom. The highest BCUT2D eigenvalue weighted by molar-refractivity contribution is 7.17. The number of thiophene rings is 1. The number of benzene rings is 1. The molecule has 1 aromatic heterocycles. The van der Waals surface area contributed by atoms with Gasteiger partial charge in [0, 0.05) is 21.0 Å². The van der Waals surface area contributed by atoms with Crippen molar-refractivity contribution in [2.24, 2.45) is 5.73 Å². The summed E-state index contributed by atoms with van der Waals surface area (Å²) in [4.78, 5) is 2.89. The van der Waals surface area contributed by atoms with Crippen LogP contribution in [0.4, 0.5) is 5.00 Å². The number of nitrogens with two attached hydrogens (primary N) is 1. The van der Waals surface area contributed by atoms with Crippen molar-refractivity contribution in [2.45, 2.75) is 33.9 Å². The van der Waals surface area contributed by atoms with E-state index in [0.717, 1.165) is 26.6 Å². The topological polar surface area (TPSA) is 77.0 Å². The fourth-order valence-electron chi connectivity index (χ4n) is 2.48. The molecule has 0 amide bonds. The van der Waals surface area contributed by atoms with Crippen LogP contribution in [0.15, 0.2) is 24.3 Å². The van der Waals surface area contributed by atoms with E-state index in [4.69, 9.17) is 28.2 Å². The maximum absolute atomic E-state index is 8.64. The molecule has 1 atom stereocenters. The van der Waals surface area contributed by atoms with Gasteiger partial charge in [-0.25, -0.2) is 0 Å². The molecule has 0 spiro atoms. The number of halogens is 1. The van der Waals surface area contributed by atoms with Crippen LogP contribution in [0.1, 0.15) is 35.4 Å². The van der Waals surface area contributed by atoms with Gasteiger partial charge in [-0.3, -0.25) is 10.8 Å². The molecule has 1 heterocycles. The van der Waals surface area contributed by atoms with Gasteiger partial charge in [-0.05, 0) is 45.4 Å². The molecule has 2 rings (SSSR count). The summed E-state index contributed by atoms with van der Waals surface area (Å²) in [6.45, 7) is 7.59. The highest BCUT2D eigenvalue weighted by atomic mass is 35.5. The molecule has 0 fully saturated rings. The van der Waals surface area contributed by atoms with E-state index in [1.165, 1.54) is 0 Å². The summed E-state index contributed by atoms with van der Waals surface area (Å²) in [7, 11) is 0. The average Bonchev–Trinajstić information content (AvgIpc) is 2.73. The van der Waals surface area contributed by atoms with Crippen LogP contribution in [-0.2, 0) is 0 Å². The minimum Gasteiger partial charge on any atom is -0.311 e. The Bertz CT molecular complexity index is 747. The van der Waals surface area contributed by atoms with Crippen molar-refractivity contribution in [1.29, 1.82) is 10.8 Å². The van der Waals surface area contributed by atoms with Gasteiger partial charge in [0.25, 0.3) is 0 Å². The zero-order valence-electron chi connectivity index (χ0n) is 13.7. The molecule has 1 aromatic carbocycles. The van der Waals surface area contributed by atoms with E-state index in [2.05, 4.69) is 0 Å². The molecule has 0 saturated carbocycles. The lowest BCUT2D eigenvalue weighted by Gasteiger charge is -2.27. The zero-order chi connectivity index (χ0) is 17.3. The molecular formula is C17H21ClN4S. The third-order valence-corrected chi connectivity index (χ3v) is 5.20. The van der Waals surface area contributed by atoms with Gasteiger partial charge in [0.2, 0.25) is 0 Å². The van der Waals surface area contributed by atoms with E-state index >= 15 is 0 Å². The summed E-state index contributed by atoms with van der Waals surface area (Å²) in [5.74, 6) is 0.367. The number of nitrogens with one attached hydrogen (secondary N) is 2. The van der Waals surface area contributed by atoms with Crippen molar-refractivity contribution in [1.82, 2.24) is 0 Å².